The van der Waals surface area contributed by atoms with E-state index in [-0.39, 0.29) is 12.3 Å². The van der Waals surface area contributed by atoms with Gasteiger partial charge in [0, 0.05) is 24.6 Å². The van der Waals surface area contributed by atoms with Crippen molar-refractivity contribution in [2.24, 2.45) is 11.8 Å². The summed E-state index contributed by atoms with van der Waals surface area (Å²) in [6.07, 6.45) is 0.0904. The summed E-state index contributed by atoms with van der Waals surface area (Å²) in [5.74, 6) is 0.128. The van der Waals surface area contributed by atoms with Gasteiger partial charge in [-0.2, -0.15) is 4.98 Å². The van der Waals surface area contributed by atoms with Crippen molar-refractivity contribution in [3.8, 4) is 6.01 Å². The van der Waals surface area contributed by atoms with Crippen LogP contribution in [0.2, 0.25) is 0 Å². The van der Waals surface area contributed by atoms with Gasteiger partial charge in [-0.15, -0.1) is 4.37 Å². The average Bonchev–Trinajstić information content (AvgIpc) is 3.07. The lowest BCUT2D eigenvalue weighted by atomic mass is 9.96. The second kappa shape index (κ2) is 10.4. The van der Waals surface area contributed by atoms with Crippen molar-refractivity contribution in [1.29, 1.82) is 0 Å². The molecule has 1 aromatic heterocycles. The zero-order valence-electron chi connectivity index (χ0n) is 18.1. The Morgan fingerprint density at radius 2 is 1.86 bits per heavy atom. The van der Waals surface area contributed by atoms with Crippen LogP contribution in [0, 0.1) is 11.8 Å². The summed E-state index contributed by atoms with van der Waals surface area (Å²) in [5.41, 5.74) is 2.96. The van der Waals surface area contributed by atoms with Gasteiger partial charge in [0.05, 0.1) is 24.9 Å². The molecule has 0 fully saturated rings. The number of hydrogen-bond donors (Lipinski definition) is 2. The number of carbonyl (C=O) groups is 1. The number of methoxy groups -OCH3 is 1. The molecule has 1 atom stereocenters. The summed E-state index contributed by atoms with van der Waals surface area (Å²) in [4.78, 5) is 17.9. The van der Waals surface area contributed by atoms with E-state index in [0.29, 0.717) is 23.0 Å². The van der Waals surface area contributed by atoms with Gasteiger partial charge in [-0.25, -0.2) is 0 Å². The van der Waals surface area contributed by atoms with Crippen LogP contribution in [0.1, 0.15) is 52.5 Å². The minimum atomic E-state index is -0.800. The van der Waals surface area contributed by atoms with Gasteiger partial charge in [0.1, 0.15) is 0 Å². The number of carboxylic acids is 1. The van der Waals surface area contributed by atoms with Crippen molar-refractivity contribution >= 4 is 34.0 Å². The van der Waals surface area contributed by atoms with Crippen LogP contribution in [0.5, 0.6) is 6.01 Å². The maximum atomic E-state index is 11.2. The lowest BCUT2D eigenvalue weighted by Gasteiger charge is -2.31. The number of aromatic nitrogens is 2. The molecule has 0 bridgehead atoms. The highest BCUT2D eigenvalue weighted by molar-refractivity contribution is 7.09. The molecule has 0 aliphatic heterocycles. The molecule has 0 spiro atoms. The van der Waals surface area contributed by atoms with E-state index in [9.17, 15) is 4.79 Å². The largest absolute Gasteiger partial charge is 0.481 e. The number of hydrogen-bond acceptors (Lipinski definition) is 7. The first-order chi connectivity index (χ1) is 13.7. The topological polar surface area (TPSA) is 87.6 Å². The summed E-state index contributed by atoms with van der Waals surface area (Å²) in [6, 6.07) is 6.47. The maximum absolute atomic E-state index is 11.2. The quantitative estimate of drug-likeness (QED) is 0.529. The Kier molecular flexibility index (Phi) is 8.25. The van der Waals surface area contributed by atoms with Crippen LogP contribution in [-0.2, 0) is 4.79 Å². The summed E-state index contributed by atoms with van der Waals surface area (Å²) in [7, 11) is 1.54. The van der Waals surface area contributed by atoms with Gasteiger partial charge in [0.2, 0.25) is 5.13 Å². The highest BCUT2D eigenvalue weighted by atomic mass is 32.1. The maximum Gasteiger partial charge on any atom is 0.329 e. The summed E-state index contributed by atoms with van der Waals surface area (Å²) >= 11 is 1.23. The first kappa shape index (κ1) is 22.9. The zero-order valence-corrected chi connectivity index (χ0v) is 18.9. The second-order valence-corrected chi connectivity index (χ2v) is 8.93. The molecular weight excluding hydrogens is 388 g/mol. The van der Waals surface area contributed by atoms with E-state index >= 15 is 0 Å². The molecule has 0 amide bonds. The third kappa shape index (κ3) is 6.88. The van der Waals surface area contributed by atoms with Gasteiger partial charge < -0.3 is 20.1 Å². The molecule has 0 saturated carbocycles. The second-order valence-electron chi connectivity index (χ2n) is 8.18. The third-order valence-corrected chi connectivity index (χ3v) is 5.03. The summed E-state index contributed by atoms with van der Waals surface area (Å²) in [5, 5.41) is 13.2. The molecule has 7 nitrogen and oxygen atoms in total. The highest BCUT2D eigenvalue weighted by Gasteiger charge is 2.19. The Morgan fingerprint density at radius 3 is 2.38 bits per heavy atom. The van der Waals surface area contributed by atoms with Crippen LogP contribution in [0.3, 0.4) is 0 Å². The monoisotopic (exact) mass is 420 g/mol. The van der Waals surface area contributed by atoms with Crippen LogP contribution >= 0.6 is 11.5 Å². The molecule has 0 aliphatic carbocycles. The van der Waals surface area contributed by atoms with Gasteiger partial charge in [0.25, 0.3) is 0 Å². The van der Waals surface area contributed by atoms with Gasteiger partial charge in [-0.05, 0) is 35.4 Å². The fourth-order valence-electron chi connectivity index (χ4n) is 3.23. The Bertz CT molecular complexity index is 797. The molecule has 1 unspecified atom stereocenters. The Hall–Kier alpha value is -2.35. The van der Waals surface area contributed by atoms with Crippen molar-refractivity contribution in [3.05, 3.63) is 23.8 Å². The lowest BCUT2D eigenvalue weighted by molar-refractivity contribution is -0.137. The number of carboxylic acid groups (broad SMARTS) is 1. The molecule has 0 saturated heterocycles. The Labute approximate surface area is 177 Å². The van der Waals surface area contributed by atoms with Crippen molar-refractivity contribution in [1.82, 2.24) is 9.36 Å². The number of ether oxygens (including phenoxy) is 1. The van der Waals surface area contributed by atoms with E-state index in [1.807, 2.05) is 19.1 Å². The number of nitrogens with one attached hydrogen (secondary N) is 1. The number of aliphatic carboxylic acids is 1. The van der Waals surface area contributed by atoms with Crippen molar-refractivity contribution in [2.45, 2.75) is 47.0 Å². The van der Waals surface area contributed by atoms with E-state index in [0.717, 1.165) is 30.0 Å². The number of benzene rings is 1. The Balaban J connectivity index is 2.44. The molecule has 160 valence electrons. The summed E-state index contributed by atoms with van der Waals surface area (Å²) < 4.78 is 9.25. The van der Waals surface area contributed by atoms with E-state index in [4.69, 9.17) is 9.84 Å². The number of nitrogens with zero attached hydrogens (tertiary/aromatic N) is 3. The molecular formula is C21H32N4O3S. The SMILES string of the molecule is COc1nsc(Nc2cc(C(C)CC(=O)O)ccc2N(CC(C)C)CC(C)C)n1. The standard InChI is InChI=1S/C21H32N4O3S/c1-13(2)11-25(12-14(3)4)18-8-7-16(15(5)9-19(26)27)10-17(18)22-21-23-20(28-6)24-29-21/h7-8,10,13-15H,9,11-12H2,1-6H3,(H,26,27)(H,22,23,24). The molecule has 8 heteroatoms. The smallest absolute Gasteiger partial charge is 0.329 e. The predicted octanol–water partition coefficient (Wildman–Crippen LogP) is 4.99. The number of rotatable bonds is 11. The predicted molar refractivity (Wildman–Crippen MR) is 119 cm³/mol. The average molecular weight is 421 g/mol. The molecule has 0 aliphatic rings. The van der Waals surface area contributed by atoms with E-state index in [2.05, 4.69) is 53.3 Å². The Morgan fingerprint density at radius 1 is 1.21 bits per heavy atom. The molecule has 2 N–H and O–H groups in total. The van der Waals surface area contributed by atoms with Crippen LogP contribution in [0.25, 0.3) is 0 Å². The summed E-state index contributed by atoms with van der Waals surface area (Å²) in [6.45, 7) is 12.6. The minimum absolute atomic E-state index is 0.0882. The molecule has 29 heavy (non-hydrogen) atoms. The van der Waals surface area contributed by atoms with Crippen LogP contribution in [0.4, 0.5) is 16.5 Å². The van der Waals surface area contributed by atoms with Gasteiger partial charge in [-0.3, -0.25) is 4.79 Å². The molecule has 1 aromatic carbocycles. The molecule has 1 heterocycles. The first-order valence-electron chi connectivity index (χ1n) is 9.95. The fourth-order valence-corrected chi connectivity index (χ4v) is 3.78. The molecule has 2 aromatic rings. The van der Waals surface area contributed by atoms with Crippen molar-refractivity contribution in [2.75, 3.05) is 30.4 Å². The lowest BCUT2D eigenvalue weighted by Crippen LogP contribution is -2.31. The number of anilines is 3. The zero-order chi connectivity index (χ0) is 21.6. The van der Waals surface area contributed by atoms with Crippen LogP contribution < -0.4 is 15.0 Å². The van der Waals surface area contributed by atoms with E-state index < -0.39 is 5.97 Å². The minimum Gasteiger partial charge on any atom is -0.481 e. The van der Waals surface area contributed by atoms with Gasteiger partial charge in [-0.1, -0.05) is 40.7 Å². The van der Waals surface area contributed by atoms with Crippen molar-refractivity contribution in [3.63, 3.8) is 0 Å². The van der Waals surface area contributed by atoms with Crippen molar-refractivity contribution < 1.29 is 14.6 Å². The first-order valence-corrected chi connectivity index (χ1v) is 10.7. The fraction of sp³-hybridized carbons (Fsp3) is 0.571. The van der Waals surface area contributed by atoms with E-state index in [1.54, 1.807) is 7.11 Å². The van der Waals surface area contributed by atoms with Crippen LogP contribution in [-0.4, -0.2) is 40.6 Å². The molecule has 0 radical (unpaired) electrons. The third-order valence-electron chi connectivity index (χ3n) is 4.41. The normalized spacial score (nSPS) is 12.3. The molecule has 2 rings (SSSR count). The van der Waals surface area contributed by atoms with E-state index in [1.165, 1.54) is 11.5 Å². The highest BCUT2D eigenvalue weighted by Crippen LogP contribution is 2.35. The van der Waals surface area contributed by atoms with Crippen LogP contribution in [0.15, 0.2) is 18.2 Å². The van der Waals surface area contributed by atoms with Gasteiger partial charge in [0.15, 0.2) is 0 Å². The van der Waals surface area contributed by atoms with Gasteiger partial charge >= 0.3 is 12.0 Å².